The maximum absolute atomic E-state index is 11.6. The molecule has 7 rings (SSSR count). The van der Waals surface area contributed by atoms with Crippen LogP contribution in [0.3, 0.4) is 0 Å². The Morgan fingerprint density at radius 1 is 0.733 bits per heavy atom. The predicted octanol–water partition coefficient (Wildman–Crippen LogP) is 9.07. The number of rotatable bonds is 16. The van der Waals surface area contributed by atoms with E-state index < -0.39 is 11.8 Å². The topological polar surface area (TPSA) is 187 Å². The number of hydrogen-bond donors (Lipinski definition) is 4. The zero-order valence-corrected chi connectivity index (χ0v) is 38.4. The van der Waals surface area contributed by atoms with Crippen molar-refractivity contribution < 1.29 is 19.1 Å². The van der Waals surface area contributed by atoms with Crippen LogP contribution in [0.25, 0.3) is 21.1 Å². The third-order valence-corrected chi connectivity index (χ3v) is 12.7. The summed E-state index contributed by atoms with van der Waals surface area (Å²) in [5.74, 6) is 0.324. The number of likely N-dealkylation sites (tertiary alicyclic amines) is 1. The maximum Gasteiger partial charge on any atom is 0.248 e. The van der Waals surface area contributed by atoms with E-state index in [1.165, 1.54) is 35.5 Å². The molecule has 1 fully saturated rings. The number of nitrogens with two attached hydrogens (primary N) is 2. The average molecular weight is 889 g/mol. The summed E-state index contributed by atoms with van der Waals surface area (Å²) in [5.41, 5.74) is 16.8. The van der Waals surface area contributed by atoms with Crippen molar-refractivity contribution in [3.8, 4) is 32.6 Å². The molecule has 0 saturated carbocycles. The van der Waals surface area contributed by atoms with Crippen LogP contribution in [0.1, 0.15) is 82.7 Å². The van der Waals surface area contributed by atoms with Gasteiger partial charge >= 0.3 is 0 Å². The number of amides is 2. The van der Waals surface area contributed by atoms with Crippen LogP contribution in [0.2, 0.25) is 0 Å². The summed E-state index contributed by atoms with van der Waals surface area (Å²) in [5, 5.41) is 14.2. The monoisotopic (exact) mass is 888 g/mol. The summed E-state index contributed by atoms with van der Waals surface area (Å²) in [7, 11) is 4.05. The van der Waals surface area contributed by atoms with Crippen molar-refractivity contribution in [1.29, 1.82) is 0 Å². The van der Waals surface area contributed by atoms with Crippen molar-refractivity contribution in [2.24, 2.45) is 11.5 Å². The molecular weight excluding hydrogens is 837 g/mol. The van der Waals surface area contributed by atoms with Gasteiger partial charge in [-0.2, -0.15) is 0 Å². The number of nitrogens with one attached hydrogen (secondary N) is 2. The Hall–Kier alpha value is -4.98. The Morgan fingerprint density at radius 3 is 1.62 bits per heavy atom. The second kappa shape index (κ2) is 20.1. The van der Waals surface area contributed by atoms with Gasteiger partial charge < -0.3 is 36.5 Å². The van der Waals surface area contributed by atoms with Crippen LogP contribution < -0.4 is 31.6 Å². The molecule has 0 radical (unpaired) electrons. The number of ether oxygens (including phenoxy) is 2. The van der Waals surface area contributed by atoms with Crippen molar-refractivity contribution in [3.63, 3.8) is 0 Å². The highest BCUT2D eigenvalue weighted by atomic mass is 32.1. The smallest absolute Gasteiger partial charge is 0.248 e. The van der Waals surface area contributed by atoms with Gasteiger partial charge in [-0.3, -0.25) is 14.5 Å². The minimum atomic E-state index is -0.488. The van der Waals surface area contributed by atoms with Gasteiger partial charge in [0.15, 0.2) is 10.3 Å². The van der Waals surface area contributed by atoms with E-state index in [0.29, 0.717) is 39.1 Å². The second-order valence-electron chi connectivity index (χ2n) is 15.1. The molecule has 0 unspecified atom stereocenters. The number of nitrogens with zero attached hydrogens (tertiary/aromatic N) is 6. The minimum absolute atomic E-state index is 0.000653. The standard InChI is InChI=1S/C22H27N5O2S2.C20H25N5O2S2/c1-13(2)29-18-7-6-15(21(23)28)10-16(18)25-22-26-17(12-30-22)20-14(3)24-19(31-20)11-27-8-4-5-9-27;1-11(2)27-16-7-6-13(19(21)26)8-14(16)23-20-24-15(10-28-20)18-12(3)22-17(29-18)9-25(4)5/h6-7,10,12-13H,4-5,8-9,11H2,1-3H3,(H2,23,28)(H,25,26);6-8,10-11H,9H2,1-5H3,(H2,21,26)(H,23,24). The number of aromatic nitrogens is 4. The van der Waals surface area contributed by atoms with E-state index in [0.717, 1.165) is 73.9 Å². The molecule has 1 aliphatic rings. The normalized spacial score (nSPS) is 12.8. The lowest BCUT2D eigenvalue weighted by Crippen LogP contribution is -2.18. The fraction of sp³-hybridized carbons (Fsp3) is 0.381. The lowest BCUT2D eigenvalue weighted by Gasteiger charge is -2.15. The molecule has 2 amide bonds. The number of aryl methyl sites for hydroxylation is 2. The van der Waals surface area contributed by atoms with Crippen LogP contribution in [0, 0.1) is 13.8 Å². The van der Waals surface area contributed by atoms with Crippen LogP contribution in [0.4, 0.5) is 21.6 Å². The van der Waals surface area contributed by atoms with Gasteiger partial charge in [0.25, 0.3) is 0 Å². The highest BCUT2D eigenvalue weighted by Gasteiger charge is 2.20. The molecule has 14 nitrogen and oxygen atoms in total. The van der Waals surface area contributed by atoms with Gasteiger partial charge in [-0.05, 0) is 118 Å². The molecule has 1 saturated heterocycles. The number of anilines is 4. The van der Waals surface area contributed by atoms with E-state index >= 15 is 0 Å². The number of carbonyl (C=O) groups is 2. The van der Waals surface area contributed by atoms with Crippen LogP contribution in [0.15, 0.2) is 47.2 Å². The predicted molar refractivity (Wildman–Crippen MR) is 246 cm³/mol. The Bertz CT molecular complexity index is 2410. The van der Waals surface area contributed by atoms with Gasteiger partial charge in [0, 0.05) is 28.4 Å². The zero-order chi connectivity index (χ0) is 43.1. The molecule has 0 bridgehead atoms. The first kappa shape index (κ1) is 44.6. The molecular formula is C42H52N10O4S4. The Balaban J connectivity index is 0.000000202. The first-order valence-electron chi connectivity index (χ1n) is 19.6. The van der Waals surface area contributed by atoms with Gasteiger partial charge in [0.1, 0.15) is 21.5 Å². The summed E-state index contributed by atoms with van der Waals surface area (Å²) in [6.45, 7) is 15.9. The Morgan fingerprint density at radius 2 is 1.18 bits per heavy atom. The van der Waals surface area contributed by atoms with Crippen molar-refractivity contribution in [2.45, 2.75) is 79.7 Å². The van der Waals surface area contributed by atoms with Gasteiger partial charge in [-0.25, -0.2) is 19.9 Å². The van der Waals surface area contributed by atoms with Crippen LogP contribution in [-0.4, -0.2) is 80.9 Å². The molecule has 2 aromatic carbocycles. The lowest BCUT2D eigenvalue weighted by atomic mass is 10.1. The second-order valence-corrected chi connectivity index (χ2v) is 19.0. The van der Waals surface area contributed by atoms with Crippen LogP contribution in [-0.2, 0) is 13.1 Å². The summed E-state index contributed by atoms with van der Waals surface area (Å²) >= 11 is 6.36. The highest BCUT2D eigenvalue weighted by Crippen LogP contribution is 2.38. The fourth-order valence-corrected chi connectivity index (χ4v) is 10.1. The van der Waals surface area contributed by atoms with Crippen molar-refractivity contribution in [1.82, 2.24) is 29.7 Å². The van der Waals surface area contributed by atoms with Gasteiger partial charge in [0.05, 0.1) is 62.7 Å². The molecule has 6 aromatic rings. The summed E-state index contributed by atoms with van der Waals surface area (Å²) in [6.07, 6.45) is 2.55. The first-order chi connectivity index (χ1) is 28.6. The maximum atomic E-state index is 11.6. The number of thiazole rings is 4. The van der Waals surface area contributed by atoms with Crippen LogP contribution in [0.5, 0.6) is 11.5 Å². The van der Waals surface area contributed by atoms with Crippen molar-refractivity contribution in [2.75, 3.05) is 37.8 Å². The minimum Gasteiger partial charge on any atom is -0.489 e. The third-order valence-electron chi connectivity index (χ3n) is 8.90. The third kappa shape index (κ3) is 11.9. The molecule has 0 atom stereocenters. The molecule has 18 heteroatoms. The fourth-order valence-electron chi connectivity index (χ4n) is 6.29. The van der Waals surface area contributed by atoms with E-state index in [-0.39, 0.29) is 12.2 Å². The van der Waals surface area contributed by atoms with Gasteiger partial charge in [-0.1, -0.05) is 0 Å². The van der Waals surface area contributed by atoms with E-state index in [9.17, 15) is 9.59 Å². The largest absolute Gasteiger partial charge is 0.489 e. The number of primary amides is 2. The van der Waals surface area contributed by atoms with Crippen molar-refractivity contribution in [3.05, 3.63) is 79.7 Å². The Kier molecular flexibility index (Phi) is 14.9. The molecule has 1 aliphatic heterocycles. The average Bonchev–Trinajstić information content (AvgIpc) is 4.03. The number of carbonyl (C=O) groups excluding carboxylic acids is 2. The summed E-state index contributed by atoms with van der Waals surface area (Å²) < 4.78 is 11.7. The van der Waals surface area contributed by atoms with Gasteiger partial charge in [0.2, 0.25) is 11.8 Å². The molecule has 0 spiro atoms. The number of benzene rings is 2. The molecule has 318 valence electrons. The quantitative estimate of drug-likeness (QED) is 0.0724. The summed E-state index contributed by atoms with van der Waals surface area (Å²) in [4.78, 5) is 48.8. The molecule has 4 aromatic heterocycles. The van der Waals surface area contributed by atoms with E-state index in [2.05, 4.69) is 25.4 Å². The summed E-state index contributed by atoms with van der Waals surface area (Å²) in [6, 6.07) is 10.2. The Labute approximate surface area is 367 Å². The molecule has 0 aliphatic carbocycles. The number of hydrogen-bond acceptors (Lipinski definition) is 16. The lowest BCUT2D eigenvalue weighted by molar-refractivity contribution is 0.0992. The zero-order valence-electron chi connectivity index (χ0n) is 35.1. The SMILES string of the molecule is Cc1nc(CN(C)C)sc1-c1csc(Nc2cc(C(N)=O)ccc2OC(C)C)n1.Cc1nc(CN2CCCC2)sc1-c1csc(Nc2cc(C(N)=O)ccc2OC(C)C)n1. The van der Waals surface area contributed by atoms with E-state index in [4.69, 9.17) is 35.9 Å². The molecule has 60 heavy (non-hydrogen) atoms. The highest BCUT2D eigenvalue weighted by molar-refractivity contribution is 7.17. The van der Waals surface area contributed by atoms with E-state index in [1.54, 1.807) is 59.1 Å². The van der Waals surface area contributed by atoms with Crippen molar-refractivity contribution >= 4 is 78.8 Å². The molecule has 5 heterocycles. The van der Waals surface area contributed by atoms with E-state index in [1.807, 2.05) is 66.4 Å². The first-order valence-corrected chi connectivity index (χ1v) is 23.0. The van der Waals surface area contributed by atoms with Crippen LogP contribution >= 0.6 is 45.3 Å². The van der Waals surface area contributed by atoms with Gasteiger partial charge in [-0.15, -0.1) is 45.3 Å². The molecule has 6 N–H and O–H groups in total.